The number of nitrogens with zero attached hydrogens (tertiary/aromatic N) is 1. The van der Waals surface area contributed by atoms with E-state index in [-0.39, 0.29) is 6.10 Å². The molecule has 0 radical (unpaired) electrons. The molecule has 3 heteroatoms. The maximum Gasteiger partial charge on any atom is 0.119 e. The standard InChI is InChI=1S/C15H24N2O/c1-4-16-13-9-10-17(11-13)14-5-7-15(8-6-14)18-12(2)3/h5-8,12-13,16H,4,9-11H2,1-3H3. The number of anilines is 1. The highest BCUT2D eigenvalue weighted by Crippen LogP contribution is 2.23. The largest absolute Gasteiger partial charge is 0.491 e. The lowest BCUT2D eigenvalue weighted by atomic mass is 10.2. The van der Waals surface area contributed by atoms with Gasteiger partial charge in [-0.15, -0.1) is 0 Å². The molecular formula is C15H24N2O. The van der Waals surface area contributed by atoms with Crippen LogP contribution < -0.4 is 15.0 Å². The molecule has 18 heavy (non-hydrogen) atoms. The molecule has 1 atom stereocenters. The van der Waals surface area contributed by atoms with E-state index in [0.29, 0.717) is 6.04 Å². The summed E-state index contributed by atoms with van der Waals surface area (Å²) in [7, 11) is 0. The second-order valence-electron chi connectivity index (χ2n) is 5.15. The Kier molecular flexibility index (Phi) is 4.48. The predicted octanol–water partition coefficient (Wildman–Crippen LogP) is 2.66. The van der Waals surface area contributed by atoms with E-state index < -0.39 is 0 Å². The normalized spacial score (nSPS) is 19.6. The maximum atomic E-state index is 5.66. The van der Waals surface area contributed by atoms with Gasteiger partial charge in [0.05, 0.1) is 6.10 Å². The lowest BCUT2D eigenvalue weighted by Gasteiger charge is -2.19. The van der Waals surface area contributed by atoms with Crippen LogP contribution in [0.5, 0.6) is 5.75 Å². The molecule has 0 aliphatic carbocycles. The van der Waals surface area contributed by atoms with Crippen LogP contribution in [0.25, 0.3) is 0 Å². The molecule has 0 bridgehead atoms. The zero-order valence-electron chi connectivity index (χ0n) is 11.6. The van der Waals surface area contributed by atoms with Crippen LogP contribution in [0.3, 0.4) is 0 Å². The Labute approximate surface area is 110 Å². The summed E-state index contributed by atoms with van der Waals surface area (Å²) in [6.07, 6.45) is 1.47. The number of ether oxygens (including phenoxy) is 1. The molecule has 1 aliphatic rings. The molecular weight excluding hydrogens is 224 g/mol. The minimum Gasteiger partial charge on any atom is -0.491 e. The Hall–Kier alpha value is -1.22. The van der Waals surface area contributed by atoms with Crippen LogP contribution >= 0.6 is 0 Å². The van der Waals surface area contributed by atoms with Gasteiger partial charge in [0.2, 0.25) is 0 Å². The van der Waals surface area contributed by atoms with Crippen molar-refractivity contribution in [3.8, 4) is 5.75 Å². The van der Waals surface area contributed by atoms with E-state index in [0.717, 1.165) is 25.4 Å². The van der Waals surface area contributed by atoms with Crippen LogP contribution in [0, 0.1) is 0 Å². The zero-order valence-corrected chi connectivity index (χ0v) is 11.6. The Bertz CT molecular complexity index is 361. The summed E-state index contributed by atoms with van der Waals surface area (Å²) in [6, 6.07) is 9.09. The molecule has 1 unspecified atom stereocenters. The number of rotatable bonds is 5. The van der Waals surface area contributed by atoms with Crippen LogP contribution in [-0.2, 0) is 0 Å². The van der Waals surface area contributed by atoms with E-state index >= 15 is 0 Å². The van der Waals surface area contributed by atoms with Crippen molar-refractivity contribution in [3.63, 3.8) is 0 Å². The first-order chi connectivity index (χ1) is 8.69. The van der Waals surface area contributed by atoms with Gasteiger partial charge in [-0.1, -0.05) is 6.92 Å². The fourth-order valence-electron chi connectivity index (χ4n) is 2.46. The summed E-state index contributed by atoms with van der Waals surface area (Å²) >= 11 is 0. The van der Waals surface area contributed by atoms with Crippen LogP contribution in [0.15, 0.2) is 24.3 Å². The summed E-state index contributed by atoms with van der Waals surface area (Å²) in [4.78, 5) is 2.44. The van der Waals surface area contributed by atoms with E-state index in [4.69, 9.17) is 4.74 Å². The van der Waals surface area contributed by atoms with E-state index in [1.165, 1.54) is 12.1 Å². The third kappa shape index (κ3) is 3.39. The molecule has 1 saturated heterocycles. The third-order valence-electron chi connectivity index (χ3n) is 3.25. The molecule has 0 saturated carbocycles. The van der Waals surface area contributed by atoms with Crippen LogP contribution in [0.2, 0.25) is 0 Å². The summed E-state index contributed by atoms with van der Waals surface area (Å²) in [5, 5.41) is 3.52. The molecule has 1 fully saturated rings. The molecule has 0 aromatic heterocycles. The molecule has 0 amide bonds. The van der Waals surface area contributed by atoms with Gasteiger partial charge in [0.25, 0.3) is 0 Å². The van der Waals surface area contributed by atoms with Crippen LogP contribution in [0.4, 0.5) is 5.69 Å². The number of likely N-dealkylation sites (N-methyl/N-ethyl adjacent to an activating group) is 1. The van der Waals surface area contributed by atoms with Gasteiger partial charge in [-0.2, -0.15) is 0 Å². The van der Waals surface area contributed by atoms with Gasteiger partial charge >= 0.3 is 0 Å². The van der Waals surface area contributed by atoms with Crippen molar-refractivity contribution < 1.29 is 4.74 Å². The highest BCUT2D eigenvalue weighted by Gasteiger charge is 2.21. The second kappa shape index (κ2) is 6.10. The number of hydrogen-bond donors (Lipinski definition) is 1. The van der Waals surface area contributed by atoms with Gasteiger partial charge < -0.3 is 15.0 Å². The molecule has 1 aromatic rings. The van der Waals surface area contributed by atoms with Gasteiger partial charge in [-0.25, -0.2) is 0 Å². The number of nitrogens with one attached hydrogen (secondary N) is 1. The van der Waals surface area contributed by atoms with Crippen molar-refractivity contribution in [2.45, 2.75) is 39.3 Å². The monoisotopic (exact) mass is 248 g/mol. The Balaban J connectivity index is 1.94. The molecule has 3 nitrogen and oxygen atoms in total. The van der Waals surface area contributed by atoms with Crippen molar-refractivity contribution in [1.82, 2.24) is 5.32 Å². The van der Waals surface area contributed by atoms with Crippen molar-refractivity contribution in [2.75, 3.05) is 24.5 Å². The Morgan fingerprint density at radius 1 is 1.33 bits per heavy atom. The van der Waals surface area contributed by atoms with E-state index in [9.17, 15) is 0 Å². The van der Waals surface area contributed by atoms with Crippen molar-refractivity contribution in [2.24, 2.45) is 0 Å². The van der Waals surface area contributed by atoms with Crippen molar-refractivity contribution in [3.05, 3.63) is 24.3 Å². The van der Waals surface area contributed by atoms with E-state index in [1.807, 2.05) is 0 Å². The zero-order chi connectivity index (χ0) is 13.0. The average Bonchev–Trinajstić information content (AvgIpc) is 2.78. The third-order valence-corrected chi connectivity index (χ3v) is 3.25. The summed E-state index contributed by atoms with van der Waals surface area (Å²) in [6.45, 7) is 9.57. The van der Waals surface area contributed by atoms with Gasteiger partial charge in [0, 0.05) is 24.8 Å². The lowest BCUT2D eigenvalue weighted by Crippen LogP contribution is -2.32. The second-order valence-corrected chi connectivity index (χ2v) is 5.15. The average molecular weight is 248 g/mol. The highest BCUT2D eigenvalue weighted by molar-refractivity contribution is 5.50. The fraction of sp³-hybridized carbons (Fsp3) is 0.600. The van der Waals surface area contributed by atoms with Gasteiger partial charge in [0.15, 0.2) is 0 Å². The first-order valence-corrected chi connectivity index (χ1v) is 6.94. The molecule has 1 heterocycles. The van der Waals surface area contributed by atoms with Gasteiger partial charge in [0.1, 0.15) is 5.75 Å². The van der Waals surface area contributed by atoms with Crippen molar-refractivity contribution >= 4 is 5.69 Å². The Morgan fingerprint density at radius 2 is 2.06 bits per heavy atom. The maximum absolute atomic E-state index is 5.66. The molecule has 1 aromatic carbocycles. The van der Waals surface area contributed by atoms with E-state index in [1.54, 1.807) is 0 Å². The minimum atomic E-state index is 0.237. The predicted molar refractivity (Wildman–Crippen MR) is 76.5 cm³/mol. The number of hydrogen-bond acceptors (Lipinski definition) is 3. The molecule has 0 spiro atoms. The molecule has 2 rings (SSSR count). The topological polar surface area (TPSA) is 24.5 Å². The number of benzene rings is 1. The molecule has 1 N–H and O–H groups in total. The SMILES string of the molecule is CCNC1CCN(c2ccc(OC(C)C)cc2)C1. The summed E-state index contributed by atoms with van der Waals surface area (Å²) in [5.74, 6) is 0.955. The lowest BCUT2D eigenvalue weighted by molar-refractivity contribution is 0.242. The molecule has 1 aliphatic heterocycles. The Morgan fingerprint density at radius 3 is 2.67 bits per heavy atom. The van der Waals surface area contributed by atoms with Crippen molar-refractivity contribution in [1.29, 1.82) is 0 Å². The highest BCUT2D eigenvalue weighted by atomic mass is 16.5. The molecule has 100 valence electrons. The van der Waals surface area contributed by atoms with Gasteiger partial charge in [-0.3, -0.25) is 0 Å². The first kappa shape index (κ1) is 13.2. The minimum absolute atomic E-state index is 0.237. The van der Waals surface area contributed by atoms with Gasteiger partial charge in [-0.05, 0) is 51.1 Å². The van der Waals surface area contributed by atoms with Crippen LogP contribution in [-0.4, -0.2) is 31.8 Å². The quantitative estimate of drug-likeness (QED) is 0.867. The fourth-order valence-corrected chi connectivity index (χ4v) is 2.46. The van der Waals surface area contributed by atoms with E-state index in [2.05, 4.69) is 55.3 Å². The van der Waals surface area contributed by atoms with Crippen LogP contribution in [0.1, 0.15) is 27.2 Å². The smallest absolute Gasteiger partial charge is 0.119 e. The summed E-state index contributed by atoms with van der Waals surface area (Å²) in [5.41, 5.74) is 1.30. The summed E-state index contributed by atoms with van der Waals surface area (Å²) < 4.78 is 5.66. The first-order valence-electron chi connectivity index (χ1n) is 6.94.